The zero-order valence-electron chi connectivity index (χ0n) is 16.0. The summed E-state index contributed by atoms with van der Waals surface area (Å²) in [5.41, 5.74) is 0.679. The minimum atomic E-state index is -4.86. The van der Waals surface area contributed by atoms with Crippen LogP contribution in [0.4, 0.5) is 18.9 Å². The van der Waals surface area contributed by atoms with E-state index in [1.165, 1.54) is 18.2 Å². The molecular weight excluding hydrogens is 437 g/mol. The van der Waals surface area contributed by atoms with Gasteiger partial charge in [-0.1, -0.05) is 23.9 Å². The van der Waals surface area contributed by atoms with Gasteiger partial charge in [-0.3, -0.25) is 4.79 Å². The Hall–Kier alpha value is -3.41. The number of anilines is 1. The van der Waals surface area contributed by atoms with Crippen molar-refractivity contribution in [3.63, 3.8) is 0 Å². The molecule has 4 rings (SSSR count). The summed E-state index contributed by atoms with van der Waals surface area (Å²) in [6, 6.07) is 10.7. The van der Waals surface area contributed by atoms with E-state index in [1.807, 2.05) is 6.07 Å². The lowest BCUT2D eigenvalue weighted by molar-refractivity contribution is -0.274. The monoisotopic (exact) mass is 452 g/mol. The van der Waals surface area contributed by atoms with Crippen LogP contribution in [0.3, 0.4) is 0 Å². The standard InChI is InChI=1S/C19H15F3N4O4S/c1-26-17(11-6-7-14-15(8-11)29-10-28-14)24-25-18(26)31-9-16(27)23-12-4-2-3-5-13(12)30-19(20,21)22/h2-8H,9-10H2,1H3,(H,23,27). The molecule has 1 aromatic heterocycles. The van der Waals surface area contributed by atoms with E-state index in [1.54, 1.807) is 23.7 Å². The lowest BCUT2D eigenvalue weighted by atomic mass is 10.2. The Balaban J connectivity index is 1.41. The first-order valence-electron chi connectivity index (χ1n) is 8.87. The van der Waals surface area contributed by atoms with Gasteiger partial charge < -0.3 is 24.1 Å². The Morgan fingerprint density at radius 3 is 2.77 bits per heavy atom. The molecule has 8 nitrogen and oxygen atoms in total. The smallest absolute Gasteiger partial charge is 0.454 e. The summed E-state index contributed by atoms with van der Waals surface area (Å²) in [7, 11) is 1.74. The fraction of sp³-hybridized carbons (Fsp3) is 0.211. The fourth-order valence-electron chi connectivity index (χ4n) is 2.83. The molecule has 0 atom stereocenters. The number of fused-ring (bicyclic) bond motifs is 1. The number of para-hydroxylation sites is 2. The van der Waals surface area contributed by atoms with Gasteiger partial charge in [0.2, 0.25) is 12.7 Å². The van der Waals surface area contributed by atoms with Crippen LogP contribution in [-0.4, -0.2) is 39.6 Å². The van der Waals surface area contributed by atoms with E-state index in [0.717, 1.165) is 23.4 Å². The normalized spacial score (nSPS) is 12.6. The highest BCUT2D eigenvalue weighted by Crippen LogP contribution is 2.36. The van der Waals surface area contributed by atoms with Gasteiger partial charge in [-0.2, -0.15) is 0 Å². The number of aromatic nitrogens is 3. The van der Waals surface area contributed by atoms with Gasteiger partial charge in [0.25, 0.3) is 0 Å². The van der Waals surface area contributed by atoms with E-state index in [4.69, 9.17) is 9.47 Å². The first-order chi connectivity index (χ1) is 14.8. The van der Waals surface area contributed by atoms with Crippen molar-refractivity contribution < 1.29 is 32.2 Å². The van der Waals surface area contributed by atoms with Crippen molar-refractivity contribution in [3.05, 3.63) is 42.5 Å². The average Bonchev–Trinajstić information content (AvgIpc) is 3.32. The number of benzene rings is 2. The van der Waals surface area contributed by atoms with Gasteiger partial charge in [0.15, 0.2) is 28.2 Å². The first-order valence-corrected chi connectivity index (χ1v) is 9.85. The summed E-state index contributed by atoms with van der Waals surface area (Å²) in [5.74, 6) is 0.715. The van der Waals surface area contributed by atoms with Crippen LogP contribution in [0.15, 0.2) is 47.6 Å². The maximum Gasteiger partial charge on any atom is 0.573 e. The van der Waals surface area contributed by atoms with Crippen molar-refractivity contribution >= 4 is 23.4 Å². The molecule has 2 heterocycles. The molecule has 1 amide bonds. The number of nitrogens with zero attached hydrogens (tertiary/aromatic N) is 3. The second kappa shape index (κ2) is 8.38. The maximum atomic E-state index is 12.5. The van der Waals surface area contributed by atoms with E-state index in [2.05, 4.69) is 20.3 Å². The average molecular weight is 452 g/mol. The van der Waals surface area contributed by atoms with E-state index < -0.39 is 18.0 Å². The van der Waals surface area contributed by atoms with Gasteiger partial charge in [-0.25, -0.2) is 0 Å². The third kappa shape index (κ3) is 4.85. The number of alkyl halides is 3. The third-order valence-corrected chi connectivity index (χ3v) is 5.21. The van der Waals surface area contributed by atoms with Crippen LogP contribution >= 0.6 is 11.8 Å². The summed E-state index contributed by atoms with van der Waals surface area (Å²) in [4.78, 5) is 12.3. The van der Waals surface area contributed by atoms with Crippen molar-refractivity contribution in [1.29, 1.82) is 0 Å². The fourth-order valence-corrected chi connectivity index (χ4v) is 3.54. The Kier molecular flexibility index (Phi) is 5.63. The molecule has 162 valence electrons. The van der Waals surface area contributed by atoms with Crippen LogP contribution in [0.2, 0.25) is 0 Å². The van der Waals surface area contributed by atoms with Crippen molar-refractivity contribution in [2.24, 2.45) is 7.05 Å². The van der Waals surface area contributed by atoms with Crippen LogP contribution < -0.4 is 19.5 Å². The quantitative estimate of drug-likeness (QED) is 0.569. The summed E-state index contributed by atoms with van der Waals surface area (Å²) >= 11 is 1.09. The predicted molar refractivity (Wildman–Crippen MR) is 105 cm³/mol. The van der Waals surface area contributed by atoms with Gasteiger partial charge in [0.1, 0.15) is 0 Å². The van der Waals surface area contributed by atoms with Crippen molar-refractivity contribution in [3.8, 4) is 28.6 Å². The van der Waals surface area contributed by atoms with Gasteiger partial charge in [-0.15, -0.1) is 23.4 Å². The Morgan fingerprint density at radius 2 is 1.97 bits per heavy atom. The zero-order chi connectivity index (χ0) is 22.0. The molecule has 1 aliphatic rings. The molecule has 0 saturated heterocycles. The Labute approximate surface area is 178 Å². The van der Waals surface area contributed by atoms with E-state index >= 15 is 0 Å². The molecule has 0 aliphatic carbocycles. The molecular formula is C19H15F3N4O4S. The van der Waals surface area contributed by atoms with Crippen LogP contribution in [0.25, 0.3) is 11.4 Å². The number of ether oxygens (including phenoxy) is 3. The van der Waals surface area contributed by atoms with E-state index in [9.17, 15) is 18.0 Å². The summed E-state index contributed by atoms with van der Waals surface area (Å²) in [5, 5.41) is 11.1. The largest absolute Gasteiger partial charge is 0.573 e. The summed E-state index contributed by atoms with van der Waals surface area (Å²) < 4.78 is 53.8. The number of amides is 1. The van der Waals surface area contributed by atoms with Gasteiger partial charge in [-0.05, 0) is 30.3 Å². The summed E-state index contributed by atoms with van der Waals surface area (Å²) in [6.45, 7) is 0.158. The van der Waals surface area contributed by atoms with Gasteiger partial charge in [0.05, 0.1) is 11.4 Å². The van der Waals surface area contributed by atoms with Crippen molar-refractivity contribution in [2.75, 3.05) is 17.9 Å². The number of hydrogen-bond acceptors (Lipinski definition) is 7. The second-order valence-corrected chi connectivity index (χ2v) is 7.26. The van der Waals surface area contributed by atoms with Gasteiger partial charge in [0, 0.05) is 12.6 Å². The number of carbonyl (C=O) groups excluding carboxylic acids is 1. The number of carbonyl (C=O) groups is 1. The highest BCUT2D eigenvalue weighted by Gasteiger charge is 2.32. The molecule has 1 N–H and O–H groups in total. The molecule has 0 bridgehead atoms. The molecule has 3 aromatic rings. The molecule has 0 saturated carbocycles. The highest BCUT2D eigenvalue weighted by molar-refractivity contribution is 7.99. The van der Waals surface area contributed by atoms with Crippen molar-refractivity contribution in [2.45, 2.75) is 11.5 Å². The molecule has 2 aromatic carbocycles. The SMILES string of the molecule is Cn1c(SCC(=O)Nc2ccccc2OC(F)(F)F)nnc1-c1ccc2c(c1)OCO2. The maximum absolute atomic E-state index is 12.5. The van der Waals surface area contributed by atoms with Crippen molar-refractivity contribution in [1.82, 2.24) is 14.8 Å². The number of hydrogen-bond donors (Lipinski definition) is 1. The van der Waals surface area contributed by atoms with Crippen LogP contribution in [0.5, 0.6) is 17.2 Å². The molecule has 1 aliphatic heterocycles. The Morgan fingerprint density at radius 1 is 1.19 bits per heavy atom. The second-order valence-electron chi connectivity index (χ2n) is 6.31. The minimum Gasteiger partial charge on any atom is -0.454 e. The van der Waals surface area contributed by atoms with E-state index in [-0.39, 0.29) is 18.2 Å². The predicted octanol–water partition coefficient (Wildman–Crippen LogP) is 3.84. The minimum absolute atomic E-state index is 0.0792. The Bertz CT molecular complexity index is 1120. The highest BCUT2D eigenvalue weighted by atomic mass is 32.2. The van der Waals surface area contributed by atoms with E-state index in [0.29, 0.717) is 22.5 Å². The molecule has 12 heteroatoms. The molecule has 0 fully saturated rings. The number of halogens is 3. The lowest BCUT2D eigenvalue weighted by Crippen LogP contribution is -2.20. The van der Waals surface area contributed by atoms with Crippen LogP contribution in [0, 0.1) is 0 Å². The van der Waals surface area contributed by atoms with Crippen LogP contribution in [0.1, 0.15) is 0 Å². The molecule has 0 radical (unpaired) electrons. The number of nitrogens with one attached hydrogen (secondary N) is 1. The van der Waals surface area contributed by atoms with Gasteiger partial charge >= 0.3 is 6.36 Å². The zero-order valence-corrected chi connectivity index (χ0v) is 16.8. The molecule has 0 spiro atoms. The lowest BCUT2D eigenvalue weighted by Gasteiger charge is -2.13. The molecule has 0 unspecified atom stereocenters. The number of rotatable bonds is 6. The molecule has 31 heavy (non-hydrogen) atoms. The topological polar surface area (TPSA) is 87.5 Å². The third-order valence-electron chi connectivity index (χ3n) is 4.18. The first kappa shape index (κ1) is 20.8. The summed E-state index contributed by atoms with van der Waals surface area (Å²) in [6.07, 6.45) is -4.86. The number of thioether (sulfide) groups is 1. The van der Waals surface area contributed by atoms with Crippen LogP contribution in [-0.2, 0) is 11.8 Å².